The summed E-state index contributed by atoms with van der Waals surface area (Å²) in [6, 6.07) is 11.7. The Morgan fingerprint density at radius 1 is 0.812 bits per heavy atom. The Morgan fingerprint density at radius 3 is 2.03 bits per heavy atom. The van der Waals surface area contributed by atoms with E-state index in [0.29, 0.717) is 51.1 Å². The molecule has 0 fully saturated rings. The Morgan fingerprint density at radius 2 is 1.44 bits per heavy atom. The minimum Gasteiger partial charge on any atom is -0.487 e. The summed E-state index contributed by atoms with van der Waals surface area (Å²) in [6.07, 6.45) is 6.72. The summed E-state index contributed by atoms with van der Waals surface area (Å²) in [5, 5.41) is 0.962. The van der Waals surface area contributed by atoms with Crippen molar-refractivity contribution in [1.82, 2.24) is 9.97 Å². The van der Waals surface area contributed by atoms with Gasteiger partial charge >= 0.3 is 0 Å². The number of hydrogen-bond donors (Lipinski definition) is 0. The summed E-state index contributed by atoms with van der Waals surface area (Å²) in [5.74, 6) is 3.92. The number of benzene rings is 2. The first-order valence-corrected chi connectivity index (χ1v) is 10.9. The molecule has 0 spiro atoms. The molecule has 170 valence electrons. The normalized spacial score (nSPS) is 13.7. The second kappa shape index (κ2) is 14.0. The zero-order valence-electron chi connectivity index (χ0n) is 19.4. The van der Waals surface area contributed by atoms with Gasteiger partial charge in [0, 0.05) is 22.7 Å². The van der Waals surface area contributed by atoms with Gasteiger partial charge in [-0.3, -0.25) is 0 Å². The van der Waals surface area contributed by atoms with Crippen molar-refractivity contribution >= 4 is 10.9 Å². The summed E-state index contributed by atoms with van der Waals surface area (Å²) in [5.41, 5.74) is 3.92. The number of aromatic nitrogens is 2. The van der Waals surface area contributed by atoms with E-state index >= 15 is 0 Å². The van der Waals surface area contributed by atoms with Gasteiger partial charge in [0.25, 0.3) is 0 Å². The molecule has 32 heavy (non-hydrogen) atoms. The fourth-order valence-corrected chi connectivity index (χ4v) is 2.90. The van der Waals surface area contributed by atoms with Crippen LogP contribution in [0.2, 0.25) is 0 Å². The highest BCUT2D eigenvalue weighted by Crippen LogP contribution is 2.32. The van der Waals surface area contributed by atoms with Gasteiger partial charge in [0.2, 0.25) is 0 Å². The van der Waals surface area contributed by atoms with E-state index in [1.165, 1.54) is 5.56 Å². The van der Waals surface area contributed by atoms with Crippen molar-refractivity contribution in [3.63, 3.8) is 0 Å². The summed E-state index contributed by atoms with van der Waals surface area (Å²) >= 11 is 0. The fraction of sp³-hybridized carbons (Fsp3) is 0.385. The Kier molecular flexibility index (Phi) is 11.0. The SMILES string of the molecule is C#Cc1cccc(C)c1.CC.Cc1ncnc2cc3c(cc12)OCCOCCOCCO3. The third kappa shape index (κ3) is 7.84. The number of hydrogen-bond acceptors (Lipinski definition) is 6. The topological polar surface area (TPSA) is 62.7 Å². The van der Waals surface area contributed by atoms with Crippen LogP contribution in [0, 0.1) is 26.2 Å². The summed E-state index contributed by atoms with van der Waals surface area (Å²) in [7, 11) is 0. The molecule has 4 rings (SSSR count). The maximum Gasteiger partial charge on any atom is 0.163 e. The van der Waals surface area contributed by atoms with Gasteiger partial charge < -0.3 is 18.9 Å². The maximum atomic E-state index is 5.78. The van der Waals surface area contributed by atoms with Crippen LogP contribution in [-0.2, 0) is 9.47 Å². The molecule has 1 aromatic heterocycles. The van der Waals surface area contributed by atoms with Gasteiger partial charge in [0.15, 0.2) is 11.5 Å². The van der Waals surface area contributed by atoms with E-state index < -0.39 is 0 Å². The Bertz CT molecular complexity index is 1010. The second-order valence-corrected chi connectivity index (χ2v) is 6.71. The third-order valence-electron chi connectivity index (χ3n) is 4.43. The van der Waals surface area contributed by atoms with Gasteiger partial charge in [-0.15, -0.1) is 6.42 Å². The standard InChI is InChI=1S/C15H18N2O4.C9H8.C2H6/c1-11-12-8-14-15(9-13(12)17-10-16-11)21-7-5-19-3-2-18-4-6-20-14;1-3-9-6-4-5-8(2)7-9;1-2/h8-10H,2-7H2,1H3;1,4-7H,2H3;1-2H3. The van der Waals surface area contributed by atoms with E-state index in [1.54, 1.807) is 6.33 Å². The van der Waals surface area contributed by atoms with Gasteiger partial charge in [0.1, 0.15) is 19.5 Å². The molecule has 0 atom stereocenters. The molecule has 2 heterocycles. The van der Waals surface area contributed by atoms with E-state index in [4.69, 9.17) is 25.4 Å². The van der Waals surface area contributed by atoms with Crippen molar-refractivity contribution in [2.45, 2.75) is 27.7 Å². The predicted molar refractivity (Wildman–Crippen MR) is 127 cm³/mol. The quantitative estimate of drug-likeness (QED) is 0.474. The number of terminal acetylenes is 1. The Labute approximate surface area is 190 Å². The first-order valence-electron chi connectivity index (χ1n) is 10.9. The van der Waals surface area contributed by atoms with Gasteiger partial charge in [-0.25, -0.2) is 9.97 Å². The van der Waals surface area contributed by atoms with Gasteiger partial charge in [-0.05, 0) is 37.6 Å². The van der Waals surface area contributed by atoms with E-state index in [2.05, 4.69) is 15.9 Å². The molecule has 0 aliphatic carbocycles. The second-order valence-electron chi connectivity index (χ2n) is 6.71. The molecule has 6 heteroatoms. The molecule has 3 aromatic rings. The lowest BCUT2D eigenvalue weighted by molar-refractivity contribution is 0.0224. The summed E-state index contributed by atoms with van der Waals surface area (Å²) < 4.78 is 22.4. The number of fused-ring (bicyclic) bond motifs is 2. The van der Waals surface area contributed by atoms with Crippen LogP contribution in [-0.4, -0.2) is 49.6 Å². The Balaban J connectivity index is 0.000000277. The van der Waals surface area contributed by atoms with Crippen LogP contribution >= 0.6 is 0 Å². The van der Waals surface area contributed by atoms with E-state index in [0.717, 1.165) is 22.2 Å². The molecule has 2 aromatic carbocycles. The molecular weight excluding hydrogens is 404 g/mol. The smallest absolute Gasteiger partial charge is 0.163 e. The van der Waals surface area contributed by atoms with Gasteiger partial charge in [0.05, 0.1) is 31.9 Å². The van der Waals surface area contributed by atoms with Crippen molar-refractivity contribution in [2.75, 3.05) is 39.6 Å². The summed E-state index contributed by atoms with van der Waals surface area (Å²) in [6.45, 7) is 11.1. The monoisotopic (exact) mass is 436 g/mol. The van der Waals surface area contributed by atoms with Crippen molar-refractivity contribution in [2.24, 2.45) is 0 Å². The molecule has 0 unspecified atom stereocenters. The molecule has 6 nitrogen and oxygen atoms in total. The highest BCUT2D eigenvalue weighted by molar-refractivity contribution is 5.84. The molecule has 1 aliphatic heterocycles. The average molecular weight is 437 g/mol. The molecule has 0 bridgehead atoms. The van der Waals surface area contributed by atoms with Gasteiger partial charge in [-0.2, -0.15) is 0 Å². The van der Waals surface area contributed by atoms with Crippen molar-refractivity contribution in [1.29, 1.82) is 0 Å². The third-order valence-corrected chi connectivity index (χ3v) is 4.43. The highest BCUT2D eigenvalue weighted by Gasteiger charge is 2.11. The van der Waals surface area contributed by atoms with Crippen LogP contribution in [0.15, 0.2) is 42.7 Å². The van der Waals surface area contributed by atoms with Crippen LogP contribution in [0.1, 0.15) is 30.7 Å². The molecule has 0 amide bonds. The zero-order chi connectivity index (χ0) is 23.2. The Hall–Kier alpha value is -3.14. The van der Waals surface area contributed by atoms with Crippen molar-refractivity contribution < 1.29 is 18.9 Å². The first-order chi connectivity index (χ1) is 15.7. The van der Waals surface area contributed by atoms with Crippen LogP contribution in [0.25, 0.3) is 10.9 Å². The molecule has 0 radical (unpaired) electrons. The number of nitrogens with zero attached hydrogens (tertiary/aromatic N) is 2. The van der Waals surface area contributed by atoms with Crippen molar-refractivity contribution in [3.8, 4) is 23.8 Å². The molecule has 0 N–H and O–H groups in total. The molecule has 0 saturated carbocycles. The molecule has 1 aliphatic rings. The lowest BCUT2D eigenvalue weighted by Crippen LogP contribution is -2.15. The largest absolute Gasteiger partial charge is 0.487 e. The number of ether oxygens (including phenoxy) is 4. The number of aryl methyl sites for hydroxylation is 2. The van der Waals surface area contributed by atoms with E-state index in [9.17, 15) is 0 Å². The lowest BCUT2D eigenvalue weighted by atomic mass is 10.1. The fourth-order valence-electron chi connectivity index (χ4n) is 2.90. The number of rotatable bonds is 0. The van der Waals surface area contributed by atoms with Crippen LogP contribution in [0.5, 0.6) is 11.5 Å². The minimum absolute atomic E-state index is 0.464. The van der Waals surface area contributed by atoms with Crippen LogP contribution in [0.4, 0.5) is 0 Å². The first kappa shape index (κ1) is 25.1. The van der Waals surface area contributed by atoms with Crippen molar-refractivity contribution in [3.05, 3.63) is 59.5 Å². The van der Waals surface area contributed by atoms with Crippen LogP contribution in [0.3, 0.4) is 0 Å². The van der Waals surface area contributed by atoms with Gasteiger partial charge in [-0.1, -0.05) is 31.9 Å². The van der Waals surface area contributed by atoms with E-state index in [1.807, 2.05) is 64.1 Å². The minimum atomic E-state index is 0.464. The summed E-state index contributed by atoms with van der Waals surface area (Å²) in [4.78, 5) is 8.48. The predicted octanol–water partition coefficient (Wildman–Crippen LogP) is 4.75. The van der Waals surface area contributed by atoms with Crippen LogP contribution < -0.4 is 9.47 Å². The maximum absolute atomic E-state index is 5.78. The zero-order valence-corrected chi connectivity index (χ0v) is 19.4. The average Bonchev–Trinajstić information content (AvgIpc) is 2.81. The molecular formula is C26H32N2O4. The van der Waals surface area contributed by atoms with E-state index in [-0.39, 0.29) is 0 Å². The lowest BCUT2D eigenvalue weighted by Gasteiger charge is -2.16. The molecule has 0 saturated heterocycles. The highest BCUT2D eigenvalue weighted by atomic mass is 16.6.